The number of hydrogen-bond donors (Lipinski definition) is 2. The highest BCUT2D eigenvalue weighted by Gasteiger charge is 2.39. The van der Waals surface area contributed by atoms with Gasteiger partial charge in [0.05, 0.1) is 19.8 Å². The van der Waals surface area contributed by atoms with Crippen molar-refractivity contribution in [3.05, 3.63) is 47.2 Å². The molecular weight excluding hydrogens is 378 g/mol. The van der Waals surface area contributed by atoms with E-state index in [0.717, 1.165) is 35.2 Å². The Kier molecular flexibility index (Phi) is 4.40. The summed E-state index contributed by atoms with van der Waals surface area (Å²) in [5.74, 6) is 1.17. The molecule has 0 amide bonds. The summed E-state index contributed by atoms with van der Waals surface area (Å²) in [6.45, 7) is 10.3. The lowest BCUT2D eigenvalue weighted by Crippen LogP contribution is -2.56. The lowest BCUT2D eigenvalue weighted by molar-refractivity contribution is -0.0829. The fourth-order valence-corrected chi connectivity index (χ4v) is 4.35. The second-order valence-corrected chi connectivity index (χ2v) is 7.59. The van der Waals surface area contributed by atoms with Gasteiger partial charge in [-0.2, -0.15) is 4.98 Å². The standard InChI is InChI=1S/C20H18ClN5O2/c1-22-13-2-3-14(16(21)4-13)15-7-24-18-17(15)25-10-26-20(18)28-19-11-5-23-6-12(19)9-27-8-11/h2-4,7,10-12,19,23-24H,5-6,8-9H2. The number of halogens is 1. The van der Waals surface area contributed by atoms with Crippen LogP contribution in [0.15, 0.2) is 30.7 Å². The molecule has 2 aromatic heterocycles. The van der Waals surface area contributed by atoms with Crippen molar-refractivity contribution in [1.29, 1.82) is 0 Å². The maximum absolute atomic E-state index is 7.13. The molecule has 2 fully saturated rings. The summed E-state index contributed by atoms with van der Waals surface area (Å²) in [7, 11) is 0. The average Bonchev–Trinajstić information content (AvgIpc) is 3.12. The number of benzene rings is 1. The molecule has 2 aliphatic rings. The van der Waals surface area contributed by atoms with E-state index in [0.29, 0.717) is 41.6 Å². The van der Waals surface area contributed by atoms with Crippen LogP contribution in [0.4, 0.5) is 5.69 Å². The van der Waals surface area contributed by atoms with Crippen molar-refractivity contribution in [1.82, 2.24) is 20.3 Å². The zero-order valence-electron chi connectivity index (χ0n) is 15.0. The van der Waals surface area contributed by atoms with Crippen molar-refractivity contribution < 1.29 is 9.47 Å². The van der Waals surface area contributed by atoms with Gasteiger partial charge in [-0.05, 0) is 6.07 Å². The third-order valence-corrected chi connectivity index (χ3v) is 5.77. The fraction of sp³-hybridized carbons (Fsp3) is 0.350. The number of aromatic nitrogens is 3. The summed E-state index contributed by atoms with van der Waals surface area (Å²) >= 11 is 6.41. The van der Waals surface area contributed by atoms with E-state index in [1.54, 1.807) is 12.1 Å². The summed E-state index contributed by atoms with van der Waals surface area (Å²) in [6.07, 6.45) is 3.45. The Hall–Kier alpha value is -2.66. The Labute approximate surface area is 166 Å². The molecule has 8 heteroatoms. The van der Waals surface area contributed by atoms with Crippen molar-refractivity contribution in [2.24, 2.45) is 11.8 Å². The molecule has 142 valence electrons. The van der Waals surface area contributed by atoms with Gasteiger partial charge in [0.1, 0.15) is 23.5 Å². The van der Waals surface area contributed by atoms with Crippen LogP contribution in [0.5, 0.6) is 5.88 Å². The Morgan fingerprint density at radius 3 is 2.75 bits per heavy atom. The van der Waals surface area contributed by atoms with Crippen LogP contribution in [0.3, 0.4) is 0 Å². The molecule has 2 atom stereocenters. The van der Waals surface area contributed by atoms with Crippen molar-refractivity contribution in [3.8, 4) is 17.0 Å². The molecule has 0 spiro atoms. The van der Waals surface area contributed by atoms with E-state index in [4.69, 9.17) is 27.6 Å². The zero-order valence-corrected chi connectivity index (χ0v) is 15.7. The topological polar surface area (TPSA) is 76.4 Å². The van der Waals surface area contributed by atoms with Gasteiger partial charge in [0.25, 0.3) is 0 Å². The van der Waals surface area contributed by atoms with Crippen molar-refractivity contribution >= 4 is 28.3 Å². The number of ether oxygens (including phenoxy) is 2. The number of nitrogens with zero attached hydrogens (tertiary/aromatic N) is 3. The summed E-state index contributed by atoms with van der Waals surface area (Å²) in [6, 6.07) is 5.26. The van der Waals surface area contributed by atoms with Gasteiger partial charge in [0.2, 0.25) is 5.88 Å². The van der Waals surface area contributed by atoms with Crippen LogP contribution in [0.1, 0.15) is 0 Å². The number of H-pyrrole nitrogens is 1. The third kappa shape index (κ3) is 2.90. The van der Waals surface area contributed by atoms with Crippen LogP contribution in [0, 0.1) is 18.4 Å². The number of piperidine rings is 1. The van der Waals surface area contributed by atoms with Gasteiger partial charge in [-0.15, -0.1) is 0 Å². The van der Waals surface area contributed by atoms with Crippen LogP contribution >= 0.6 is 11.6 Å². The van der Waals surface area contributed by atoms with E-state index >= 15 is 0 Å². The molecule has 2 N–H and O–H groups in total. The number of rotatable bonds is 3. The Morgan fingerprint density at radius 2 is 2.00 bits per heavy atom. The van der Waals surface area contributed by atoms with Gasteiger partial charge in [0.15, 0.2) is 5.69 Å². The lowest BCUT2D eigenvalue weighted by atomic mass is 9.86. The number of fused-ring (bicyclic) bond motifs is 3. The second kappa shape index (κ2) is 7.06. The smallest absolute Gasteiger partial charge is 0.241 e. The summed E-state index contributed by atoms with van der Waals surface area (Å²) in [5, 5.41) is 3.96. The molecule has 2 saturated heterocycles. The summed E-state index contributed by atoms with van der Waals surface area (Å²) < 4.78 is 12.1. The van der Waals surface area contributed by atoms with Crippen LogP contribution in [-0.2, 0) is 4.74 Å². The van der Waals surface area contributed by atoms with Gasteiger partial charge in [-0.1, -0.05) is 23.7 Å². The SMILES string of the molecule is [C-]#[N+]c1ccc(-c2c[nH]c3c(OC4C5CNCC4COC5)ncnc23)c(Cl)c1. The maximum Gasteiger partial charge on any atom is 0.241 e. The number of hydrogen-bond acceptors (Lipinski definition) is 5. The van der Waals surface area contributed by atoms with Gasteiger partial charge >= 0.3 is 0 Å². The van der Waals surface area contributed by atoms with Crippen LogP contribution in [-0.4, -0.2) is 47.4 Å². The van der Waals surface area contributed by atoms with Gasteiger partial charge in [-0.3, -0.25) is 0 Å². The number of aromatic amines is 1. The Balaban J connectivity index is 1.52. The predicted molar refractivity (Wildman–Crippen MR) is 106 cm³/mol. The van der Waals surface area contributed by atoms with Crippen molar-refractivity contribution in [2.75, 3.05) is 26.3 Å². The Bertz CT molecular complexity index is 1050. The van der Waals surface area contributed by atoms with E-state index in [-0.39, 0.29) is 6.10 Å². The van der Waals surface area contributed by atoms with Gasteiger partial charge in [0, 0.05) is 47.3 Å². The average molecular weight is 396 g/mol. The molecule has 28 heavy (non-hydrogen) atoms. The minimum Gasteiger partial charge on any atom is -0.472 e. The van der Waals surface area contributed by atoms with Gasteiger partial charge < -0.3 is 19.8 Å². The molecule has 5 rings (SSSR count). The molecule has 2 aliphatic heterocycles. The molecule has 3 aromatic rings. The second-order valence-electron chi connectivity index (χ2n) is 7.18. The van der Waals surface area contributed by atoms with Crippen LogP contribution in [0.25, 0.3) is 27.0 Å². The molecule has 0 aliphatic carbocycles. The quantitative estimate of drug-likeness (QED) is 0.664. The van der Waals surface area contributed by atoms with E-state index in [1.165, 1.54) is 6.33 Å². The first-order chi connectivity index (χ1) is 13.7. The molecule has 7 nitrogen and oxygen atoms in total. The lowest BCUT2D eigenvalue weighted by Gasteiger charge is -2.41. The van der Waals surface area contributed by atoms with Crippen molar-refractivity contribution in [3.63, 3.8) is 0 Å². The molecule has 4 heterocycles. The molecule has 1 aromatic carbocycles. The zero-order chi connectivity index (χ0) is 19.1. The Morgan fingerprint density at radius 1 is 1.18 bits per heavy atom. The van der Waals surface area contributed by atoms with Gasteiger partial charge in [-0.25, -0.2) is 9.83 Å². The highest BCUT2D eigenvalue weighted by molar-refractivity contribution is 6.34. The molecule has 0 radical (unpaired) electrons. The highest BCUT2D eigenvalue weighted by atomic mass is 35.5. The largest absolute Gasteiger partial charge is 0.472 e. The van der Waals surface area contributed by atoms with E-state index < -0.39 is 0 Å². The summed E-state index contributed by atoms with van der Waals surface area (Å²) in [4.78, 5) is 15.5. The first kappa shape index (κ1) is 17.4. The normalized spacial score (nSPS) is 24.1. The predicted octanol–water partition coefficient (Wildman–Crippen LogP) is 3.44. The first-order valence-electron chi connectivity index (χ1n) is 9.19. The van der Waals surface area contributed by atoms with Crippen LogP contribution in [0.2, 0.25) is 5.02 Å². The number of nitrogens with one attached hydrogen (secondary N) is 2. The van der Waals surface area contributed by atoms with E-state index in [1.807, 2.05) is 12.3 Å². The van der Waals surface area contributed by atoms with E-state index in [9.17, 15) is 0 Å². The summed E-state index contributed by atoms with van der Waals surface area (Å²) in [5.41, 5.74) is 3.68. The molecule has 2 unspecified atom stereocenters. The third-order valence-electron chi connectivity index (χ3n) is 5.45. The minimum absolute atomic E-state index is 0.0707. The first-order valence-corrected chi connectivity index (χ1v) is 9.57. The van der Waals surface area contributed by atoms with Crippen molar-refractivity contribution in [2.45, 2.75) is 6.10 Å². The van der Waals surface area contributed by atoms with Crippen LogP contribution < -0.4 is 10.1 Å². The monoisotopic (exact) mass is 395 g/mol. The maximum atomic E-state index is 7.13. The molecular formula is C20H18ClN5O2. The molecule has 2 bridgehead atoms. The molecule has 0 saturated carbocycles. The fourth-order valence-electron chi connectivity index (χ4n) is 4.07. The minimum atomic E-state index is 0.0707. The van der Waals surface area contributed by atoms with E-state index in [2.05, 4.69) is 25.1 Å². The highest BCUT2D eigenvalue weighted by Crippen LogP contribution is 2.37.